The molecule has 3 heterocycles. The summed E-state index contributed by atoms with van der Waals surface area (Å²) in [5.74, 6) is 0.850. The minimum atomic E-state index is -0.496. The maximum absolute atomic E-state index is 13.2. The highest BCUT2D eigenvalue weighted by Gasteiger charge is 2.22. The SMILES string of the molecule is COc1ccc(-c2cc(C(=O)NC3CCCCNC3)c(NC(=O)Nc3cnccn3)s2)cc1. The van der Waals surface area contributed by atoms with Gasteiger partial charge in [0.05, 0.1) is 18.9 Å². The molecule has 4 rings (SSSR count). The number of hydrogen-bond donors (Lipinski definition) is 4. The highest BCUT2D eigenvalue weighted by Crippen LogP contribution is 2.36. The molecule has 4 N–H and O–H groups in total. The zero-order chi connectivity index (χ0) is 23.0. The van der Waals surface area contributed by atoms with Gasteiger partial charge in [0.25, 0.3) is 5.91 Å². The van der Waals surface area contributed by atoms with Crippen molar-refractivity contribution in [1.29, 1.82) is 0 Å². The molecule has 1 aromatic carbocycles. The van der Waals surface area contributed by atoms with Crippen molar-refractivity contribution in [3.8, 4) is 16.2 Å². The van der Waals surface area contributed by atoms with Gasteiger partial charge in [0, 0.05) is 29.9 Å². The number of amides is 3. The number of carbonyl (C=O) groups excluding carboxylic acids is 2. The molecule has 1 aliphatic rings. The normalized spacial score (nSPS) is 15.8. The Labute approximate surface area is 196 Å². The molecule has 0 spiro atoms. The molecule has 2 aromatic heterocycles. The molecule has 10 heteroatoms. The number of nitrogens with one attached hydrogen (secondary N) is 4. The summed E-state index contributed by atoms with van der Waals surface area (Å²) in [6.07, 6.45) is 7.54. The number of carbonyl (C=O) groups is 2. The molecule has 1 fully saturated rings. The lowest BCUT2D eigenvalue weighted by Gasteiger charge is -2.16. The first-order valence-corrected chi connectivity index (χ1v) is 11.6. The topological polar surface area (TPSA) is 117 Å². The third-order valence-corrected chi connectivity index (χ3v) is 6.36. The quantitative estimate of drug-likeness (QED) is 0.440. The maximum Gasteiger partial charge on any atom is 0.325 e. The lowest BCUT2D eigenvalue weighted by molar-refractivity contribution is 0.0937. The molecule has 0 saturated carbocycles. The molecule has 1 aliphatic heterocycles. The van der Waals surface area contributed by atoms with E-state index in [0.717, 1.165) is 48.5 Å². The van der Waals surface area contributed by atoms with E-state index in [4.69, 9.17) is 4.74 Å². The number of ether oxygens (including phenoxy) is 1. The molecular weight excluding hydrogens is 440 g/mol. The van der Waals surface area contributed by atoms with Gasteiger partial charge in [-0.25, -0.2) is 9.78 Å². The summed E-state index contributed by atoms with van der Waals surface area (Å²) in [6, 6.07) is 8.92. The van der Waals surface area contributed by atoms with Crippen molar-refractivity contribution in [3.05, 3.63) is 54.5 Å². The Kier molecular flexibility index (Phi) is 7.48. The smallest absolute Gasteiger partial charge is 0.325 e. The predicted molar refractivity (Wildman–Crippen MR) is 129 cm³/mol. The minimum Gasteiger partial charge on any atom is -0.497 e. The first-order valence-electron chi connectivity index (χ1n) is 10.8. The van der Waals surface area contributed by atoms with Crippen molar-refractivity contribution in [3.63, 3.8) is 0 Å². The molecule has 1 atom stereocenters. The van der Waals surface area contributed by atoms with Crippen LogP contribution in [-0.2, 0) is 0 Å². The second-order valence-corrected chi connectivity index (χ2v) is 8.67. The van der Waals surface area contributed by atoms with Gasteiger partial charge in [-0.1, -0.05) is 6.42 Å². The summed E-state index contributed by atoms with van der Waals surface area (Å²) in [5, 5.41) is 12.4. The number of methoxy groups -OCH3 is 1. The van der Waals surface area contributed by atoms with Gasteiger partial charge >= 0.3 is 6.03 Å². The summed E-state index contributed by atoms with van der Waals surface area (Å²) in [6.45, 7) is 1.69. The number of aromatic nitrogens is 2. The van der Waals surface area contributed by atoms with Crippen LogP contribution in [0.25, 0.3) is 10.4 Å². The van der Waals surface area contributed by atoms with Crippen molar-refractivity contribution in [2.24, 2.45) is 0 Å². The van der Waals surface area contributed by atoms with Gasteiger partial charge in [-0.2, -0.15) is 0 Å². The fourth-order valence-corrected chi connectivity index (χ4v) is 4.63. The van der Waals surface area contributed by atoms with Gasteiger partial charge in [0.2, 0.25) is 0 Å². The summed E-state index contributed by atoms with van der Waals surface area (Å²) in [5.41, 5.74) is 1.35. The van der Waals surface area contributed by atoms with E-state index >= 15 is 0 Å². The zero-order valence-electron chi connectivity index (χ0n) is 18.3. The van der Waals surface area contributed by atoms with Crippen molar-refractivity contribution in [2.75, 3.05) is 30.8 Å². The van der Waals surface area contributed by atoms with Crippen LogP contribution in [0.3, 0.4) is 0 Å². The van der Waals surface area contributed by atoms with Crippen LogP contribution in [0.15, 0.2) is 48.9 Å². The van der Waals surface area contributed by atoms with Gasteiger partial charge in [-0.15, -0.1) is 11.3 Å². The van der Waals surface area contributed by atoms with E-state index in [0.29, 0.717) is 16.4 Å². The van der Waals surface area contributed by atoms with Crippen molar-refractivity contribution < 1.29 is 14.3 Å². The number of nitrogens with zero attached hydrogens (tertiary/aromatic N) is 2. The Morgan fingerprint density at radius 1 is 1.15 bits per heavy atom. The third-order valence-electron chi connectivity index (χ3n) is 5.27. The Morgan fingerprint density at radius 2 is 2.00 bits per heavy atom. The lowest BCUT2D eigenvalue weighted by atomic mass is 10.1. The Balaban J connectivity index is 1.57. The Hall–Kier alpha value is -3.50. The summed E-state index contributed by atoms with van der Waals surface area (Å²) < 4.78 is 5.23. The first kappa shape index (κ1) is 22.7. The van der Waals surface area contributed by atoms with E-state index in [9.17, 15) is 9.59 Å². The average Bonchev–Trinajstić information content (AvgIpc) is 3.07. The second-order valence-electron chi connectivity index (χ2n) is 7.62. The van der Waals surface area contributed by atoms with Gasteiger partial charge in [-0.3, -0.25) is 20.4 Å². The van der Waals surface area contributed by atoms with Gasteiger partial charge < -0.3 is 15.4 Å². The molecule has 3 amide bonds. The Morgan fingerprint density at radius 3 is 2.76 bits per heavy atom. The number of benzene rings is 1. The van der Waals surface area contributed by atoms with Crippen molar-refractivity contribution in [2.45, 2.75) is 25.3 Å². The molecule has 33 heavy (non-hydrogen) atoms. The maximum atomic E-state index is 13.2. The van der Waals surface area contributed by atoms with Crippen LogP contribution in [0.4, 0.5) is 15.6 Å². The van der Waals surface area contributed by atoms with Crippen LogP contribution in [0.1, 0.15) is 29.6 Å². The predicted octanol–water partition coefficient (Wildman–Crippen LogP) is 3.73. The van der Waals surface area contributed by atoms with E-state index < -0.39 is 6.03 Å². The fraction of sp³-hybridized carbons (Fsp3) is 0.304. The van der Waals surface area contributed by atoms with E-state index in [1.807, 2.05) is 30.3 Å². The molecular formula is C23H26N6O3S. The summed E-state index contributed by atoms with van der Waals surface area (Å²) >= 11 is 1.33. The summed E-state index contributed by atoms with van der Waals surface area (Å²) in [7, 11) is 1.61. The molecule has 172 valence electrons. The molecule has 0 radical (unpaired) electrons. The van der Waals surface area contributed by atoms with Crippen molar-refractivity contribution >= 4 is 34.1 Å². The van der Waals surface area contributed by atoms with E-state index in [2.05, 4.69) is 31.2 Å². The highest BCUT2D eigenvalue weighted by molar-refractivity contribution is 7.20. The molecule has 3 aromatic rings. The molecule has 9 nitrogen and oxygen atoms in total. The number of thiophene rings is 1. The van der Waals surface area contributed by atoms with E-state index in [-0.39, 0.29) is 11.9 Å². The zero-order valence-corrected chi connectivity index (χ0v) is 19.1. The van der Waals surface area contributed by atoms with Crippen LogP contribution in [-0.4, -0.2) is 48.1 Å². The minimum absolute atomic E-state index is 0.0469. The first-order chi connectivity index (χ1) is 16.1. The van der Waals surface area contributed by atoms with Crippen LogP contribution in [0.2, 0.25) is 0 Å². The average molecular weight is 467 g/mol. The number of anilines is 2. The van der Waals surface area contributed by atoms with Gasteiger partial charge in [0.15, 0.2) is 5.82 Å². The van der Waals surface area contributed by atoms with Crippen LogP contribution >= 0.6 is 11.3 Å². The van der Waals surface area contributed by atoms with E-state index in [1.165, 1.54) is 29.9 Å². The summed E-state index contributed by atoms with van der Waals surface area (Å²) in [4.78, 5) is 34.6. The largest absolute Gasteiger partial charge is 0.497 e. The number of hydrogen-bond acceptors (Lipinski definition) is 7. The standard InChI is InChI=1S/C23H26N6O3S/c1-32-17-7-5-15(6-8-17)19-12-18(21(30)27-16-4-2-3-9-24-13-16)22(33-19)29-23(31)28-20-14-25-10-11-26-20/h5-8,10-12,14,16,24H,2-4,9,13H2,1H3,(H,27,30)(H2,26,28,29,31). The molecule has 0 bridgehead atoms. The molecule has 1 saturated heterocycles. The number of urea groups is 1. The van der Waals surface area contributed by atoms with E-state index in [1.54, 1.807) is 7.11 Å². The third kappa shape index (κ3) is 6.05. The van der Waals surface area contributed by atoms with Gasteiger partial charge in [0.1, 0.15) is 10.8 Å². The van der Waals surface area contributed by atoms with Crippen LogP contribution < -0.4 is 26.0 Å². The lowest BCUT2D eigenvalue weighted by Crippen LogP contribution is -2.41. The second kappa shape index (κ2) is 10.9. The van der Waals surface area contributed by atoms with Gasteiger partial charge in [-0.05, 0) is 55.3 Å². The monoisotopic (exact) mass is 466 g/mol. The highest BCUT2D eigenvalue weighted by atomic mass is 32.1. The van der Waals surface area contributed by atoms with Crippen molar-refractivity contribution in [1.82, 2.24) is 20.6 Å². The molecule has 0 aliphatic carbocycles. The molecule has 1 unspecified atom stereocenters. The number of rotatable bonds is 6. The van der Waals surface area contributed by atoms with Crippen LogP contribution in [0, 0.1) is 0 Å². The fourth-order valence-electron chi connectivity index (χ4n) is 3.57. The van der Waals surface area contributed by atoms with Crippen LogP contribution in [0.5, 0.6) is 5.75 Å². The Bertz CT molecular complexity index is 1080.